The van der Waals surface area contributed by atoms with E-state index in [1.807, 2.05) is 0 Å². The van der Waals surface area contributed by atoms with E-state index >= 15 is 0 Å². The van der Waals surface area contributed by atoms with Crippen molar-refractivity contribution in [3.8, 4) is 0 Å². The highest BCUT2D eigenvalue weighted by molar-refractivity contribution is 6.37. The van der Waals surface area contributed by atoms with Crippen LogP contribution in [0.25, 0.3) is 0 Å². The summed E-state index contributed by atoms with van der Waals surface area (Å²) < 4.78 is 4.73. The predicted octanol–water partition coefficient (Wildman–Crippen LogP) is -1.61. The predicted molar refractivity (Wildman–Crippen MR) is 63.6 cm³/mol. The number of imide groups is 1. The lowest BCUT2D eigenvalue weighted by atomic mass is 9.97. The van der Waals surface area contributed by atoms with E-state index in [1.165, 1.54) is 7.11 Å². The molecule has 3 N–H and O–H groups in total. The highest BCUT2D eigenvalue weighted by Crippen LogP contribution is 2.10. The zero-order valence-corrected chi connectivity index (χ0v) is 10.5. The molecule has 0 radical (unpaired) electrons. The van der Waals surface area contributed by atoms with Crippen LogP contribution in [0.1, 0.15) is 12.8 Å². The normalized spacial score (nSPS) is 16.1. The Labute approximate surface area is 106 Å². The summed E-state index contributed by atoms with van der Waals surface area (Å²) in [6.07, 6.45) is 1.37. The Hall–Kier alpha value is -1.47. The van der Waals surface area contributed by atoms with Crippen molar-refractivity contribution in [2.24, 2.45) is 5.92 Å². The van der Waals surface area contributed by atoms with E-state index in [0.717, 1.165) is 13.1 Å². The largest absolute Gasteiger partial charge is 0.383 e. The van der Waals surface area contributed by atoms with E-state index in [9.17, 15) is 14.4 Å². The molecule has 0 saturated carbocycles. The molecule has 1 fully saturated rings. The summed E-state index contributed by atoms with van der Waals surface area (Å²) in [6.45, 7) is 2.07. The highest BCUT2D eigenvalue weighted by atomic mass is 16.5. The smallest absolute Gasteiger partial charge is 0.315 e. The molecule has 7 heteroatoms. The molecule has 0 aromatic carbocycles. The fraction of sp³-hybridized carbons (Fsp3) is 0.727. The molecule has 1 heterocycles. The third kappa shape index (κ3) is 4.80. The fourth-order valence-corrected chi connectivity index (χ4v) is 1.70. The van der Waals surface area contributed by atoms with Gasteiger partial charge in [-0.3, -0.25) is 19.7 Å². The molecule has 0 bridgehead atoms. The molecule has 0 aliphatic carbocycles. The Bertz CT molecular complexity index is 313. The third-order valence-electron chi connectivity index (χ3n) is 2.74. The highest BCUT2D eigenvalue weighted by Gasteiger charge is 2.24. The summed E-state index contributed by atoms with van der Waals surface area (Å²) in [4.78, 5) is 34.4. The van der Waals surface area contributed by atoms with Crippen molar-refractivity contribution >= 4 is 17.7 Å². The van der Waals surface area contributed by atoms with Crippen molar-refractivity contribution < 1.29 is 19.1 Å². The number of carbonyl (C=O) groups is 3. The minimum Gasteiger partial charge on any atom is -0.383 e. The maximum absolute atomic E-state index is 11.7. The number of ether oxygens (including phenoxy) is 1. The van der Waals surface area contributed by atoms with E-state index in [4.69, 9.17) is 4.74 Å². The van der Waals surface area contributed by atoms with Gasteiger partial charge in [-0.25, -0.2) is 0 Å². The molecule has 102 valence electrons. The van der Waals surface area contributed by atoms with Crippen LogP contribution in [0.5, 0.6) is 0 Å². The second-order valence-corrected chi connectivity index (χ2v) is 4.09. The minimum absolute atomic E-state index is 0.193. The lowest BCUT2D eigenvalue weighted by Gasteiger charge is -2.21. The SMILES string of the molecule is COCCNC(=O)C(=O)NC(=O)C1CCNCC1. The summed E-state index contributed by atoms with van der Waals surface area (Å²) in [5.74, 6) is -2.28. The van der Waals surface area contributed by atoms with Crippen LogP contribution in [0.2, 0.25) is 0 Å². The van der Waals surface area contributed by atoms with Gasteiger partial charge in [-0.2, -0.15) is 0 Å². The Morgan fingerprint density at radius 1 is 1.22 bits per heavy atom. The first-order valence-corrected chi connectivity index (χ1v) is 5.98. The summed E-state index contributed by atoms with van der Waals surface area (Å²) in [5, 5.41) is 7.59. The molecule has 1 saturated heterocycles. The number of methoxy groups -OCH3 is 1. The zero-order valence-electron chi connectivity index (χ0n) is 10.5. The minimum atomic E-state index is -0.908. The van der Waals surface area contributed by atoms with Gasteiger partial charge in [0.15, 0.2) is 0 Å². The third-order valence-corrected chi connectivity index (χ3v) is 2.74. The van der Waals surface area contributed by atoms with Gasteiger partial charge in [-0.15, -0.1) is 0 Å². The van der Waals surface area contributed by atoms with Gasteiger partial charge in [0.05, 0.1) is 6.61 Å². The van der Waals surface area contributed by atoms with E-state index in [0.29, 0.717) is 19.4 Å². The zero-order chi connectivity index (χ0) is 13.4. The maximum Gasteiger partial charge on any atom is 0.315 e. The molecule has 1 aliphatic rings. The first kappa shape index (κ1) is 14.6. The molecule has 0 spiro atoms. The number of rotatable bonds is 4. The molecule has 0 aromatic heterocycles. The molecule has 7 nitrogen and oxygen atoms in total. The van der Waals surface area contributed by atoms with Crippen LogP contribution < -0.4 is 16.0 Å². The van der Waals surface area contributed by atoms with E-state index in [1.54, 1.807) is 0 Å². The van der Waals surface area contributed by atoms with Crippen molar-refractivity contribution in [3.63, 3.8) is 0 Å². The molecule has 1 aliphatic heterocycles. The second kappa shape index (κ2) is 7.78. The average Bonchev–Trinajstić information content (AvgIpc) is 2.39. The lowest BCUT2D eigenvalue weighted by Crippen LogP contribution is -2.47. The van der Waals surface area contributed by atoms with Gasteiger partial charge in [-0.05, 0) is 25.9 Å². The van der Waals surface area contributed by atoms with Crippen LogP contribution in [0.4, 0.5) is 0 Å². The number of piperidine rings is 1. The number of hydrogen-bond donors (Lipinski definition) is 3. The van der Waals surface area contributed by atoms with E-state index in [2.05, 4.69) is 16.0 Å². The van der Waals surface area contributed by atoms with Crippen molar-refractivity contribution in [2.45, 2.75) is 12.8 Å². The molecule has 1 rings (SSSR count). The lowest BCUT2D eigenvalue weighted by molar-refractivity contribution is -0.143. The first-order valence-electron chi connectivity index (χ1n) is 5.98. The van der Waals surface area contributed by atoms with Gasteiger partial charge >= 0.3 is 11.8 Å². The van der Waals surface area contributed by atoms with Crippen LogP contribution in [0.15, 0.2) is 0 Å². The number of hydrogen-bond acceptors (Lipinski definition) is 5. The Balaban J connectivity index is 2.29. The van der Waals surface area contributed by atoms with Crippen LogP contribution in [0.3, 0.4) is 0 Å². The summed E-state index contributed by atoms with van der Waals surface area (Å²) >= 11 is 0. The van der Waals surface area contributed by atoms with Crippen LogP contribution in [0, 0.1) is 5.92 Å². The second-order valence-electron chi connectivity index (χ2n) is 4.09. The van der Waals surface area contributed by atoms with Gasteiger partial charge in [-0.1, -0.05) is 0 Å². The fourth-order valence-electron chi connectivity index (χ4n) is 1.70. The Morgan fingerprint density at radius 2 is 1.89 bits per heavy atom. The molecule has 3 amide bonds. The average molecular weight is 257 g/mol. The molecule has 0 aromatic rings. The van der Waals surface area contributed by atoms with Crippen LogP contribution >= 0.6 is 0 Å². The van der Waals surface area contributed by atoms with Crippen LogP contribution in [-0.4, -0.2) is 51.1 Å². The van der Waals surface area contributed by atoms with Crippen molar-refractivity contribution in [1.82, 2.24) is 16.0 Å². The molecular weight excluding hydrogens is 238 g/mol. The summed E-state index contributed by atoms with van der Waals surface area (Å²) in [7, 11) is 1.49. The monoisotopic (exact) mass is 257 g/mol. The van der Waals surface area contributed by atoms with Gasteiger partial charge in [0.25, 0.3) is 0 Å². The van der Waals surface area contributed by atoms with E-state index in [-0.39, 0.29) is 18.4 Å². The van der Waals surface area contributed by atoms with Gasteiger partial charge in [0, 0.05) is 19.6 Å². The Morgan fingerprint density at radius 3 is 2.50 bits per heavy atom. The molecule has 0 atom stereocenters. The van der Waals surface area contributed by atoms with Crippen molar-refractivity contribution in [2.75, 3.05) is 33.4 Å². The number of nitrogens with one attached hydrogen (secondary N) is 3. The molecule has 18 heavy (non-hydrogen) atoms. The number of carbonyl (C=O) groups excluding carboxylic acids is 3. The first-order chi connectivity index (χ1) is 8.65. The number of amides is 3. The molecular formula is C11H19N3O4. The summed E-state index contributed by atoms with van der Waals surface area (Å²) in [5.41, 5.74) is 0. The van der Waals surface area contributed by atoms with Gasteiger partial charge in [0.1, 0.15) is 0 Å². The maximum atomic E-state index is 11.7. The van der Waals surface area contributed by atoms with Crippen molar-refractivity contribution in [1.29, 1.82) is 0 Å². The molecule has 0 unspecified atom stereocenters. The topological polar surface area (TPSA) is 96.5 Å². The van der Waals surface area contributed by atoms with Gasteiger partial charge in [0.2, 0.25) is 5.91 Å². The van der Waals surface area contributed by atoms with E-state index < -0.39 is 11.8 Å². The Kier molecular flexibility index (Phi) is 6.31. The quantitative estimate of drug-likeness (QED) is 0.416. The van der Waals surface area contributed by atoms with Gasteiger partial charge < -0.3 is 15.4 Å². The standard InChI is InChI=1S/C11H19N3O4/c1-18-7-6-13-10(16)11(17)14-9(15)8-2-4-12-5-3-8/h8,12H,2-7H2,1H3,(H,13,16)(H,14,15,17). The van der Waals surface area contributed by atoms with Crippen LogP contribution in [-0.2, 0) is 19.1 Å². The summed E-state index contributed by atoms with van der Waals surface area (Å²) in [6, 6.07) is 0. The van der Waals surface area contributed by atoms with Crippen molar-refractivity contribution in [3.05, 3.63) is 0 Å².